The molecule has 2 aliphatic rings. The van der Waals surface area contributed by atoms with Crippen molar-refractivity contribution >= 4 is 16.9 Å². The SMILES string of the molecule is COc1cc2c(cc1OC)CN(C[C@H]1C[C@@H](c3ccc(CO)cc3)O[C@@H](c3ccc(-c4ccccc4CNC(=O)c4cnc5ccccc5n4)cc3)O1)CC2. The van der Waals surface area contributed by atoms with Gasteiger partial charge in [-0.1, -0.05) is 84.9 Å². The van der Waals surface area contributed by atoms with Crippen molar-refractivity contribution in [3.8, 4) is 22.6 Å². The van der Waals surface area contributed by atoms with Crippen LogP contribution in [0.4, 0.5) is 0 Å². The topological polar surface area (TPSA) is 115 Å². The molecule has 0 spiro atoms. The number of benzene rings is 5. The Bertz CT molecular complexity index is 2280. The van der Waals surface area contributed by atoms with E-state index in [1.807, 2.05) is 66.7 Å². The second kappa shape index (κ2) is 16.4. The molecule has 6 aromatic rings. The Labute approximate surface area is 320 Å². The lowest BCUT2D eigenvalue weighted by atomic mass is 9.96. The van der Waals surface area contributed by atoms with Gasteiger partial charge in [0.15, 0.2) is 17.8 Å². The molecular formula is C45H44N4O6. The summed E-state index contributed by atoms with van der Waals surface area (Å²) in [5.41, 5.74) is 10.1. The number of methoxy groups -OCH3 is 2. The van der Waals surface area contributed by atoms with Crippen LogP contribution in [0.15, 0.2) is 115 Å². The third-order valence-electron chi connectivity index (χ3n) is 10.5. The summed E-state index contributed by atoms with van der Waals surface area (Å²) in [4.78, 5) is 24.4. The number of nitrogens with one attached hydrogen (secondary N) is 1. The van der Waals surface area contributed by atoms with E-state index in [-0.39, 0.29) is 30.4 Å². The van der Waals surface area contributed by atoms with Gasteiger partial charge in [0.2, 0.25) is 0 Å². The van der Waals surface area contributed by atoms with Crippen LogP contribution in [0.25, 0.3) is 22.2 Å². The zero-order valence-corrected chi connectivity index (χ0v) is 31.0. The summed E-state index contributed by atoms with van der Waals surface area (Å²) in [6.07, 6.45) is 2.28. The quantitative estimate of drug-likeness (QED) is 0.141. The van der Waals surface area contributed by atoms with E-state index in [0.717, 1.165) is 76.5 Å². The number of rotatable bonds is 11. The van der Waals surface area contributed by atoms with Gasteiger partial charge in [-0.2, -0.15) is 0 Å². The van der Waals surface area contributed by atoms with Crippen molar-refractivity contribution in [2.45, 2.75) is 51.0 Å². The maximum Gasteiger partial charge on any atom is 0.271 e. The largest absolute Gasteiger partial charge is 0.493 e. The number of aliphatic hydroxyl groups is 1. The van der Waals surface area contributed by atoms with Gasteiger partial charge in [0.25, 0.3) is 5.91 Å². The van der Waals surface area contributed by atoms with Gasteiger partial charge in [-0.05, 0) is 69.6 Å². The van der Waals surface area contributed by atoms with Crippen LogP contribution in [0.3, 0.4) is 0 Å². The summed E-state index contributed by atoms with van der Waals surface area (Å²) in [5.74, 6) is 1.22. The van der Waals surface area contributed by atoms with Crippen molar-refractivity contribution in [3.05, 3.63) is 154 Å². The van der Waals surface area contributed by atoms with Gasteiger partial charge in [-0.3, -0.25) is 14.7 Å². The lowest BCUT2D eigenvalue weighted by Gasteiger charge is -2.39. The molecule has 2 aliphatic heterocycles. The summed E-state index contributed by atoms with van der Waals surface area (Å²) < 4.78 is 24.6. The van der Waals surface area contributed by atoms with Crippen molar-refractivity contribution in [1.29, 1.82) is 0 Å². The number of carbonyl (C=O) groups is 1. The van der Waals surface area contributed by atoms with Crippen molar-refractivity contribution in [2.24, 2.45) is 0 Å². The number of nitrogens with zero attached hydrogens (tertiary/aromatic N) is 3. The Morgan fingerprint density at radius 2 is 1.56 bits per heavy atom. The van der Waals surface area contributed by atoms with E-state index in [2.05, 4.69) is 62.6 Å². The Kier molecular flexibility index (Phi) is 10.8. The minimum Gasteiger partial charge on any atom is -0.493 e. The fourth-order valence-corrected chi connectivity index (χ4v) is 7.53. The second-order valence-corrected chi connectivity index (χ2v) is 14.0. The van der Waals surface area contributed by atoms with Gasteiger partial charge >= 0.3 is 0 Å². The maximum atomic E-state index is 13.1. The highest BCUT2D eigenvalue weighted by molar-refractivity contribution is 5.93. The average molecular weight is 737 g/mol. The van der Waals surface area contributed by atoms with Crippen molar-refractivity contribution in [2.75, 3.05) is 27.3 Å². The first-order valence-electron chi connectivity index (χ1n) is 18.6. The van der Waals surface area contributed by atoms with Gasteiger partial charge < -0.3 is 29.4 Å². The van der Waals surface area contributed by atoms with Crippen LogP contribution < -0.4 is 14.8 Å². The second-order valence-electron chi connectivity index (χ2n) is 14.0. The minimum atomic E-state index is -0.575. The smallest absolute Gasteiger partial charge is 0.271 e. The lowest BCUT2D eigenvalue weighted by molar-refractivity contribution is -0.253. The van der Waals surface area contributed by atoms with Gasteiger partial charge in [0, 0.05) is 38.2 Å². The Morgan fingerprint density at radius 1 is 0.855 bits per heavy atom. The molecule has 0 unspecified atom stereocenters. The highest BCUT2D eigenvalue weighted by Crippen LogP contribution is 2.40. The highest BCUT2D eigenvalue weighted by Gasteiger charge is 2.34. The molecule has 0 bridgehead atoms. The molecule has 8 rings (SSSR count). The van der Waals surface area contributed by atoms with Crippen LogP contribution in [0, 0.1) is 0 Å². The molecule has 2 N–H and O–H groups in total. The first-order chi connectivity index (χ1) is 27.0. The molecule has 1 aromatic heterocycles. The third-order valence-corrected chi connectivity index (χ3v) is 10.5. The van der Waals surface area contributed by atoms with Crippen LogP contribution in [0.5, 0.6) is 11.5 Å². The molecule has 3 heterocycles. The van der Waals surface area contributed by atoms with Gasteiger partial charge in [0.05, 0.1) is 50.3 Å². The fraction of sp³-hybridized carbons (Fsp3) is 0.267. The molecule has 55 heavy (non-hydrogen) atoms. The van der Waals surface area contributed by atoms with Crippen molar-refractivity contribution in [1.82, 2.24) is 20.2 Å². The fourth-order valence-electron chi connectivity index (χ4n) is 7.53. The molecule has 280 valence electrons. The predicted molar refractivity (Wildman–Crippen MR) is 210 cm³/mol. The Balaban J connectivity index is 0.987. The molecule has 0 saturated carbocycles. The average Bonchev–Trinajstić information content (AvgIpc) is 3.25. The van der Waals surface area contributed by atoms with Gasteiger partial charge in [-0.15, -0.1) is 0 Å². The molecule has 1 saturated heterocycles. The summed E-state index contributed by atoms with van der Waals surface area (Å²) in [7, 11) is 3.34. The zero-order valence-electron chi connectivity index (χ0n) is 31.0. The summed E-state index contributed by atoms with van der Waals surface area (Å²) >= 11 is 0. The van der Waals surface area contributed by atoms with E-state index in [9.17, 15) is 9.90 Å². The number of fused-ring (bicyclic) bond motifs is 2. The maximum absolute atomic E-state index is 13.1. The van der Waals surface area contributed by atoms with Crippen LogP contribution in [0.2, 0.25) is 0 Å². The molecule has 5 aromatic carbocycles. The normalized spacial score (nSPS) is 18.4. The number of aliphatic hydroxyl groups excluding tert-OH is 1. The van der Waals surface area contributed by atoms with Crippen LogP contribution in [-0.2, 0) is 35.6 Å². The molecular weight excluding hydrogens is 693 g/mol. The lowest BCUT2D eigenvalue weighted by Crippen LogP contribution is -2.41. The van der Waals surface area contributed by atoms with E-state index in [1.54, 1.807) is 14.2 Å². The van der Waals surface area contributed by atoms with Crippen LogP contribution in [-0.4, -0.2) is 59.3 Å². The number of ether oxygens (including phenoxy) is 4. The number of aromatic nitrogens is 2. The van der Waals surface area contributed by atoms with Gasteiger partial charge in [0.1, 0.15) is 5.69 Å². The summed E-state index contributed by atoms with van der Waals surface area (Å²) in [5, 5.41) is 12.7. The van der Waals surface area contributed by atoms with Crippen molar-refractivity contribution < 1.29 is 28.8 Å². The molecule has 10 nitrogen and oxygen atoms in total. The first-order valence-corrected chi connectivity index (χ1v) is 18.6. The third kappa shape index (κ3) is 8.08. The minimum absolute atomic E-state index is 0.00571. The monoisotopic (exact) mass is 736 g/mol. The number of carbonyl (C=O) groups excluding carboxylic acids is 1. The number of hydrogen-bond donors (Lipinski definition) is 2. The molecule has 10 heteroatoms. The number of amides is 1. The standard InChI is InChI=1S/C45H44N4O6/c1-52-42-21-33-19-20-49(26-35(33)22-43(42)53-2)27-36-23-41(31-13-11-29(28-50)12-14-31)55-45(54-36)32-17-15-30(16-18-32)37-8-4-3-7-34(37)24-47-44(51)40-25-46-38-9-5-6-10-39(38)48-40/h3-18,21-22,25,36,41,45,50H,19-20,23-24,26-28H2,1-2H3,(H,47,51)/t36-,41+,45+/m1/s1. The molecule has 0 aliphatic carbocycles. The van der Waals surface area contributed by atoms with E-state index in [4.69, 9.17) is 18.9 Å². The number of para-hydroxylation sites is 2. The molecule has 1 fully saturated rings. The van der Waals surface area contributed by atoms with E-state index >= 15 is 0 Å². The Morgan fingerprint density at radius 3 is 2.33 bits per heavy atom. The summed E-state index contributed by atoms with van der Waals surface area (Å²) in [6.45, 7) is 2.78. The molecule has 1 amide bonds. The zero-order chi connectivity index (χ0) is 37.7. The van der Waals surface area contributed by atoms with E-state index in [0.29, 0.717) is 18.5 Å². The number of hydrogen-bond acceptors (Lipinski definition) is 9. The summed E-state index contributed by atoms with van der Waals surface area (Å²) in [6, 6.07) is 36.0. The Hall–Kier alpha value is -5.65. The van der Waals surface area contributed by atoms with E-state index < -0.39 is 6.29 Å². The van der Waals surface area contributed by atoms with E-state index in [1.165, 1.54) is 17.3 Å². The van der Waals surface area contributed by atoms with Crippen LogP contribution in [0.1, 0.15) is 62.7 Å². The molecule has 0 radical (unpaired) electrons. The predicted octanol–water partition coefficient (Wildman–Crippen LogP) is 7.34. The highest BCUT2D eigenvalue weighted by atomic mass is 16.7. The van der Waals surface area contributed by atoms with Crippen molar-refractivity contribution in [3.63, 3.8) is 0 Å². The van der Waals surface area contributed by atoms with Crippen LogP contribution >= 0.6 is 0 Å². The van der Waals surface area contributed by atoms with Gasteiger partial charge in [-0.25, -0.2) is 4.98 Å². The molecule has 3 atom stereocenters. The first kappa shape index (κ1) is 36.3.